The molecule has 1 atom stereocenters. The van der Waals surface area contributed by atoms with Gasteiger partial charge >= 0.3 is 0 Å². The van der Waals surface area contributed by atoms with E-state index < -0.39 is 0 Å². The number of nitrogens with one attached hydrogen (secondary N) is 1. The summed E-state index contributed by atoms with van der Waals surface area (Å²) in [6, 6.07) is 8.79. The van der Waals surface area contributed by atoms with Gasteiger partial charge in [0.2, 0.25) is 0 Å². The van der Waals surface area contributed by atoms with Gasteiger partial charge in [0.15, 0.2) is 0 Å². The van der Waals surface area contributed by atoms with Crippen molar-refractivity contribution in [3.8, 4) is 0 Å². The lowest BCUT2D eigenvalue weighted by Crippen LogP contribution is -2.26. The molecule has 1 aliphatic rings. The Hall–Kier alpha value is -1.22. The van der Waals surface area contributed by atoms with E-state index in [9.17, 15) is 0 Å². The summed E-state index contributed by atoms with van der Waals surface area (Å²) in [6.45, 7) is 2.06. The van der Waals surface area contributed by atoms with E-state index in [0.717, 1.165) is 25.2 Å². The van der Waals surface area contributed by atoms with Crippen molar-refractivity contribution in [3.05, 3.63) is 24.3 Å². The molecule has 3 nitrogen and oxygen atoms in total. The topological polar surface area (TPSA) is 41.3 Å². The minimum absolute atomic E-state index is 0.341. The highest BCUT2D eigenvalue weighted by molar-refractivity contribution is 5.58. The van der Waals surface area contributed by atoms with Crippen LogP contribution in [0.4, 0.5) is 11.4 Å². The van der Waals surface area contributed by atoms with Crippen molar-refractivity contribution in [2.75, 3.05) is 30.4 Å². The molecule has 0 amide bonds. The molecule has 14 heavy (non-hydrogen) atoms. The molecule has 1 heterocycles. The largest absolute Gasteiger partial charge is 0.388 e. The minimum atomic E-state index is 0.341. The zero-order valence-electron chi connectivity index (χ0n) is 8.53. The van der Waals surface area contributed by atoms with Gasteiger partial charge in [-0.1, -0.05) is 6.07 Å². The predicted molar refractivity (Wildman–Crippen MR) is 60.8 cm³/mol. The standard InChI is InChI=1S/C11H17N3/c1-13-10-3-2-4-11(7-10)14-6-5-9(12)8-14/h2-4,7,9,13H,5-6,8,12H2,1H3. The molecule has 0 radical (unpaired) electrons. The van der Waals surface area contributed by atoms with E-state index in [-0.39, 0.29) is 0 Å². The van der Waals surface area contributed by atoms with Gasteiger partial charge in [0.25, 0.3) is 0 Å². The summed E-state index contributed by atoms with van der Waals surface area (Å²) in [4.78, 5) is 2.34. The Morgan fingerprint density at radius 3 is 3.00 bits per heavy atom. The Bertz CT molecular complexity index is 311. The highest BCUT2D eigenvalue weighted by atomic mass is 15.2. The zero-order chi connectivity index (χ0) is 9.97. The van der Waals surface area contributed by atoms with Crippen molar-refractivity contribution in [2.24, 2.45) is 5.73 Å². The fraction of sp³-hybridized carbons (Fsp3) is 0.455. The number of benzene rings is 1. The van der Waals surface area contributed by atoms with Crippen LogP contribution in [-0.2, 0) is 0 Å². The Balaban J connectivity index is 2.15. The first-order valence-corrected chi connectivity index (χ1v) is 5.08. The number of anilines is 2. The normalized spacial score (nSPS) is 21.3. The van der Waals surface area contributed by atoms with Gasteiger partial charge in [-0.15, -0.1) is 0 Å². The van der Waals surface area contributed by atoms with Crippen LogP contribution in [0.2, 0.25) is 0 Å². The molecule has 1 fully saturated rings. The summed E-state index contributed by atoms with van der Waals surface area (Å²) in [7, 11) is 1.94. The van der Waals surface area contributed by atoms with E-state index in [4.69, 9.17) is 5.73 Å². The Labute approximate surface area is 84.9 Å². The molecule has 1 unspecified atom stereocenters. The third kappa shape index (κ3) is 1.82. The summed E-state index contributed by atoms with van der Waals surface area (Å²) in [5.74, 6) is 0. The molecule has 1 aromatic carbocycles. The molecule has 0 spiro atoms. The zero-order valence-corrected chi connectivity index (χ0v) is 8.53. The fourth-order valence-corrected chi connectivity index (χ4v) is 1.88. The first kappa shape index (κ1) is 9.34. The lowest BCUT2D eigenvalue weighted by atomic mass is 10.2. The van der Waals surface area contributed by atoms with E-state index in [2.05, 4.69) is 34.5 Å². The molecule has 0 saturated carbocycles. The first-order valence-electron chi connectivity index (χ1n) is 5.08. The summed E-state index contributed by atoms with van der Waals surface area (Å²) < 4.78 is 0. The lowest BCUT2D eigenvalue weighted by molar-refractivity contribution is 0.752. The number of nitrogens with zero attached hydrogens (tertiary/aromatic N) is 1. The SMILES string of the molecule is CNc1cccc(N2CCC(N)C2)c1. The fourth-order valence-electron chi connectivity index (χ4n) is 1.88. The van der Waals surface area contributed by atoms with Crippen LogP contribution in [0.1, 0.15) is 6.42 Å². The Kier molecular flexibility index (Phi) is 2.59. The smallest absolute Gasteiger partial charge is 0.0387 e. The molecule has 0 aromatic heterocycles. The van der Waals surface area contributed by atoms with Crippen LogP contribution in [0, 0.1) is 0 Å². The van der Waals surface area contributed by atoms with Gasteiger partial charge in [-0.25, -0.2) is 0 Å². The number of hydrogen-bond donors (Lipinski definition) is 2. The van der Waals surface area contributed by atoms with Crippen molar-refractivity contribution in [3.63, 3.8) is 0 Å². The molecule has 1 aromatic rings. The number of hydrogen-bond acceptors (Lipinski definition) is 3. The molecule has 0 aliphatic carbocycles. The molecule has 1 saturated heterocycles. The van der Waals surface area contributed by atoms with Gasteiger partial charge in [0.1, 0.15) is 0 Å². The van der Waals surface area contributed by atoms with Crippen molar-refractivity contribution < 1.29 is 0 Å². The van der Waals surface area contributed by atoms with Gasteiger partial charge in [-0.3, -0.25) is 0 Å². The van der Waals surface area contributed by atoms with E-state index >= 15 is 0 Å². The summed E-state index contributed by atoms with van der Waals surface area (Å²) in [6.07, 6.45) is 1.10. The second-order valence-corrected chi connectivity index (χ2v) is 3.80. The Morgan fingerprint density at radius 2 is 2.36 bits per heavy atom. The molecule has 3 heteroatoms. The van der Waals surface area contributed by atoms with Gasteiger partial charge in [0, 0.05) is 37.6 Å². The second kappa shape index (κ2) is 3.88. The highest BCUT2D eigenvalue weighted by Crippen LogP contribution is 2.22. The van der Waals surface area contributed by atoms with Gasteiger partial charge in [-0.05, 0) is 24.6 Å². The van der Waals surface area contributed by atoms with Crippen LogP contribution < -0.4 is 16.0 Å². The second-order valence-electron chi connectivity index (χ2n) is 3.80. The van der Waals surface area contributed by atoms with Gasteiger partial charge in [-0.2, -0.15) is 0 Å². The summed E-state index contributed by atoms with van der Waals surface area (Å²) in [5.41, 5.74) is 8.30. The number of nitrogens with two attached hydrogens (primary N) is 1. The van der Waals surface area contributed by atoms with Gasteiger partial charge < -0.3 is 16.0 Å². The molecule has 1 aliphatic heterocycles. The van der Waals surface area contributed by atoms with Crippen molar-refractivity contribution in [1.82, 2.24) is 0 Å². The lowest BCUT2D eigenvalue weighted by Gasteiger charge is -2.18. The van der Waals surface area contributed by atoms with Crippen LogP contribution in [-0.4, -0.2) is 26.2 Å². The molecule has 2 rings (SSSR count). The molecular weight excluding hydrogens is 174 g/mol. The summed E-state index contributed by atoms with van der Waals surface area (Å²) in [5, 5.41) is 3.14. The van der Waals surface area contributed by atoms with Crippen molar-refractivity contribution in [1.29, 1.82) is 0 Å². The van der Waals surface area contributed by atoms with Crippen LogP contribution in [0.3, 0.4) is 0 Å². The monoisotopic (exact) mass is 191 g/mol. The first-order chi connectivity index (χ1) is 6.79. The summed E-state index contributed by atoms with van der Waals surface area (Å²) >= 11 is 0. The van der Waals surface area contributed by atoms with E-state index in [1.807, 2.05) is 7.05 Å². The maximum atomic E-state index is 5.88. The average Bonchev–Trinajstić information content (AvgIpc) is 2.65. The quantitative estimate of drug-likeness (QED) is 0.739. The van der Waals surface area contributed by atoms with E-state index in [1.165, 1.54) is 5.69 Å². The van der Waals surface area contributed by atoms with Crippen LogP contribution in [0.25, 0.3) is 0 Å². The van der Waals surface area contributed by atoms with Crippen molar-refractivity contribution in [2.45, 2.75) is 12.5 Å². The Morgan fingerprint density at radius 1 is 1.50 bits per heavy atom. The van der Waals surface area contributed by atoms with Crippen molar-refractivity contribution >= 4 is 11.4 Å². The van der Waals surface area contributed by atoms with Crippen LogP contribution >= 0.6 is 0 Å². The number of rotatable bonds is 2. The third-order valence-corrected chi connectivity index (χ3v) is 2.72. The highest BCUT2D eigenvalue weighted by Gasteiger charge is 2.18. The van der Waals surface area contributed by atoms with E-state index in [1.54, 1.807) is 0 Å². The minimum Gasteiger partial charge on any atom is -0.388 e. The molecule has 3 N–H and O–H groups in total. The molecule has 76 valence electrons. The third-order valence-electron chi connectivity index (χ3n) is 2.72. The van der Waals surface area contributed by atoms with E-state index in [0.29, 0.717) is 6.04 Å². The predicted octanol–water partition coefficient (Wildman–Crippen LogP) is 1.27. The maximum Gasteiger partial charge on any atom is 0.0387 e. The van der Waals surface area contributed by atoms with Crippen LogP contribution in [0.15, 0.2) is 24.3 Å². The molecular formula is C11H17N3. The van der Waals surface area contributed by atoms with Crippen LogP contribution in [0.5, 0.6) is 0 Å². The maximum absolute atomic E-state index is 5.88. The molecule has 0 bridgehead atoms. The van der Waals surface area contributed by atoms with Gasteiger partial charge in [0.05, 0.1) is 0 Å². The average molecular weight is 191 g/mol.